The molecular weight excluding hydrogens is 457 g/mol. The van der Waals surface area contributed by atoms with Gasteiger partial charge in [0, 0.05) is 24.5 Å². The Bertz CT molecular complexity index is 1330. The van der Waals surface area contributed by atoms with Crippen molar-refractivity contribution in [1.29, 1.82) is 0 Å². The van der Waals surface area contributed by atoms with Crippen LogP contribution in [0.2, 0.25) is 0 Å². The monoisotopic (exact) mass is 485 g/mol. The predicted octanol–water partition coefficient (Wildman–Crippen LogP) is 2.75. The van der Waals surface area contributed by atoms with E-state index in [2.05, 4.69) is 21.9 Å². The fourth-order valence-corrected chi connectivity index (χ4v) is 5.05. The van der Waals surface area contributed by atoms with Crippen molar-refractivity contribution in [2.45, 2.75) is 37.1 Å². The van der Waals surface area contributed by atoms with Crippen LogP contribution >= 0.6 is 0 Å². The number of aryl methyl sites for hydroxylation is 1. The minimum Gasteiger partial charge on any atom is -0.350 e. The fourth-order valence-electron chi connectivity index (χ4n) is 4.49. The number of nitrogens with two attached hydrogens (primary N) is 1. The minimum absolute atomic E-state index is 0.145. The molecule has 0 saturated carbocycles. The first-order valence-electron chi connectivity index (χ1n) is 11.2. The Labute approximate surface area is 198 Å². The van der Waals surface area contributed by atoms with Gasteiger partial charge in [-0.2, -0.15) is 5.10 Å². The van der Waals surface area contributed by atoms with Gasteiger partial charge in [-0.15, -0.1) is 6.58 Å². The fraction of sp³-hybridized carbons (Fsp3) is 0.333. The van der Waals surface area contributed by atoms with E-state index < -0.39 is 21.7 Å². The van der Waals surface area contributed by atoms with E-state index in [4.69, 9.17) is 5.14 Å². The number of halogens is 1. The van der Waals surface area contributed by atoms with Crippen LogP contribution in [0.25, 0.3) is 16.6 Å². The summed E-state index contributed by atoms with van der Waals surface area (Å²) < 4.78 is 39.5. The zero-order chi connectivity index (χ0) is 24.5. The molecule has 1 fully saturated rings. The maximum absolute atomic E-state index is 13.5. The Morgan fingerprint density at radius 1 is 1.32 bits per heavy atom. The van der Waals surface area contributed by atoms with Crippen LogP contribution in [-0.2, 0) is 16.4 Å². The number of sulfonamides is 1. The Kier molecular flexibility index (Phi) is 6.83. The van der Waals surface area contributed by atoms with E-state index in [9.17, 15) is 17.6 Å². The number of nitrogens with zero attached hydrogens (tertiary/aromatic N) is 3. The van der Waals surface area contributed by atoms with Gasteiger partial charge in [0.15, 0.2) is 0 Å². The molecule has 10 heteroatoms. The number of hydrogen-bond acceptors (Lipinski definition) is 5. The lowest BCUT2D eigenvalue weighted by Crippen LogP contribution is -2.40. The average Bonchev–Trinajstić information content (AvgIpc) is 3.41. The first-order chi connectivity index (χ1) is 16.2. The van der Waals surface area contributed by atoms with Crippen LogP contribution in [0.1, 0.15) is 35.8 Å². The van der Waals surface area contributed by atoms with Crippen molar-refractivity contribution >= 4 is 26.8 Å². The van der Waals surface area contributed by atoms with E-state index >= 15 is 0 Å². The highest BCUT2D eigenvalue weighted by molar-refractivity contribution is 7.89. The van der Waals surface area contributed by atoms with Crippen molar-refractivity contribution < 1.29 is 17.6 Å². The molecule has 180 valence electrons. The van der Waals surface area contributed by atoms with E-state index in [1.165, 1.54) is 24.3 Å². The van der Waals surface area contributed by atoms with Crippen molar-refractivity contribution in [3.05, 3.63) is 66.1 Å². The number of fused-ring (bicyclic) bond motifs is 1. The number of amides is 1. The van der Waals surface area contributed by atoms with Crippen molar-refractivity contribution in [1.82, 2.24) is 20.0 Å². The number of nitrogens with one attached hydrogen (secondary N) is 1. The molecule has 1 amide bonds. The Balaban J connectivity index is 1.81. The van der Waals surface area contributed by atoms with Crippen LogP contribution in [0, 0.1) is 5.82 Å². The summed E-state index contributed by atoms with van der Waals surface area (Å²) in [5.74, 6) is -0.821. The maximum atomic E-state index is 13.5. The van der Waals surface area contributed by atoms with Crippen LogP contribution in [-0.4, -0.2) is 54.7 Å². The molecule has 1 aromatic heterocycles. The van der Waals surface area contributed by atoms with Crippen LogP contribution in [0.3, 0.4) is 0 Å². The zero-order valence-electron chi connectivity index (χ0n) is 19.0. The number of primary sulfonamides is 1. The molecule has 1 atom stereocenters. The van der Waals surface area contributed by atoms with Gasteiger partial charge in [0.05, 0.1) is 27.4 Å². The molecule has 4 rings (SSSR count). The highest BCUT2D eigenvalue weighted by Gasteiger charge is 2.26. The largest absolute Gasteiger partial charge is 0.350 e. The van der Waals surface area contributed by atoms with Gasteiger partial charge < -0.3 is 5.32 Å². The molecule has 3 N–H and O–H groups in total. The number of hydrogen-bond donors (Lipinski definition) is 2. The molecule has 0 radical (unpaired) electrons. The Morgan fingerprint density at radius 3 is 2.71 bits per heavy atom. The molecule has 1 aliphatic heterocycles. The molecule has 3 aromatic rings. The van der Waals surface area contributed by atoms with Gasteiger partial charge in [0.1, 0.15) is 5.82 Å². The summed E-state index contributed by atoms with van der Waals surface area (Å²) in [6.45, 7) is 7.77. The van der Waals surface area contributed by atoms with Crippen LogP contribution in [0.5, 0.6) is 0 Å². The van der Waals surface area contributed by atoms with Crippen LogP contribution in [0.15, 0.2) is 53.9 Å². The van der Waals surface area contributed by atoms with Gasteiger partial charge >= 0.3 is 0 Å². The quantitative estimate of drug-likeness (QED) is 0.477. The highest BCUT2D eigenvalue weighted by atomic mass is 32.2. The summed E-state index contributed by atoms with van der Waals surface area (Å²) in [7, 11) is -4.07. The van der Waals surface area contributed by atoms with Gasteiger partial charge in [-0.05, 0) is 62.2 Å². The summed E-state index contributed by atoms with van der Waals surface area (Å²) in [6, 6.07) is 8.62. The lowest BCUT2D eigenvalue weighted by Gasteiger charge is -2.23. The SMILES string of the molecule is C=CCN1CCCC1CNC(=O)c1cc(S(N)(=O)=O)cc2c(CC)nn(-c3ccc(F)cc3)c12. The standard InChI is InChI=1S/C24H28FN5O3S/c1-3-11-29-12-5-6-18(29)15-27-24(31)21-14-19(34(26,32)33)13-20-22(4-2)28-30(23(20)21)17-9-7-16(25)8-10-17/h3,7-10,13-14,18H,1,4-6,11-12,15H2,2H3,(H,27,31)(H2,26,32,33). The highest BCUT2D eigenvalue weighted by Crippen LogP contribution is 2.29. The van der Waals surface area contributed by atoms with Gasteiger partial charge in [-0.25, -0.2) is 22.6 Å². The maximum Gasteiger partial charge on any atom is 0.253 e. The Hall–Kier alpha value is -3.08. The van der Waals surface area contributed by atoms with E-state index in [0.717, 1.165) is 25.9 Å². The number of likely N-dealkylation sites (tertiary alicyclic amines) is 1. The summed E-state index contributed by atoms with van der Waals surface area (Å²) in [4.78, 5) is 15.5. The zero-order valence-corrected chi connectivity index (χ0v) is 19.8. The number of carbonyl (C=O) groups is 1. The molecule has 34 heavy (non-hydrogen) atoms. The number of rotatable bonds is 8. The second-order valence-electron chi connectivity index (χ2n) is 8.39. The van der Waals surface area contributed by atoms with E-state index in [-0.39, 0.29) is 16.5 Å². The average molecular weight is 486 g/mol. The molecular formula is C24H28FN5O3S. The van der Waals surface area contributed by atoms with Crippen LogP contribution in [0.4, 0.5) is 4.39 Å². The predicted molar refractivity (Wildman–Crippen MR) is 129 cm³/mol. The van der Waals surface area contributed by atoms with Crippen molar-refractivity contribution in [3.63, 3.8) is 0 Å². The van der Waals surface area contributed by atoms with Crippen LogP contribution < -0.4 is 10.5 Å². The van der Waals surface area contributed by atoms with Gasteiger partial charge in [-0.1, -0.05) is 13.0 Å². The molecule has 0 aliphatic carbocycles. The number of aromatic nitrogens is 2. The molecule has 1 unspecified atom stereocenters. The van der Waals surface area contributed by atoms with E-state index in [1.807, 2.05) is 13.0 Å². The van der Waals surface area contributed by atoms with E-state index in [0.29, 0.717) is 35.2 Å². The van der Waals surface area contributed by atoms with E-state index in [1.54, 1.807) is 16.8 Å². The second kappa shape index (κ2) is 9.65. The topological polar surface area (TPSA) is 110 Å². The lowest BCUT2D eigenvalue weighted by molar-refractivity contribution is 0.0943. The lowest BCUT2D eigenvalue weighted by atomic mass is 10.1. The second-order valence-corrected chi connectivity index (χ2v) is 9.95. The third kappa shape index (κ3) is 4.75. The molecule has 2 heterocycles. The first-order valence-corrected chi connectivity index (χ1v) is 12.7. The Morgan fingerprint density at radius 2 is 2.06 bits per heavy atom. The molecule has 0 bridgehead atoms. The summed E-state index contributed by atoms with van der Waals surface area (Å²) >= 11 is 0. The van der Waals surface area contributed by atoms with Crippen molar-refractivity contribution in [2.24, 2.45) is 5.14 Å². The summed E-state index contributed by atoms with van der Waals surface area (Å²) in [5.41, 5.74) is 1.75. The third-order valence-corrected chi connectivity index (χ3v) is 7.06. The smallest absolute Gasteiger partial charge is 0.253 e. The molecule has 8 nitrogen and oxygen atoms in total. The first kappa shape index (κ1) is 24.1. The molecule has 0 spiro atoms. The van der Waals surface area contributed by atoms with Crippen molar-refractivity contribution in [3.8, 4) is 5.69 Å². The van der Waals surface area contributed by atoms with Gasteiger partial charge in [0.2, 0.25) is 10.0 Å². The van der Waals surface area contributed by atoms with Crippen molar-refractivity contribution in [2.75, 3.05) is 19.6 Å². The third-order valence-electron chi connectivity index (χ3n) is 6.17. The molecule has 1 saturated heterocycles. The molecule has 1 aliphatic rings. The number of carbonyl (C=O) groups excluding carboxylic acids is 1. The number of benzene rings is 2. The van der Waals surface area contributed by atoms with Gasteiger partial charge in [-0.3, -0.25) is 9.69 Å². The normalized spacial score (nSPS) is 16.7. The van der Waals surface area contributed by atoms with Gasteiger partial charge in [0.25, 0.3) is 5.91 Å². The summed E-state index contributed by atoms with van der Waals surface area (Å²) in [5, 5.41) is 13.5. The molecule has 2 aromatic carbocycles. The summed E-state index contributed by atoms with van der Waals surface area (Å²) in [6.07, 6.45) is 4.33. The minimum atomic E-state index is -4.07.